The van der Waals surface area contributed by atoms with Crippen LogP contribution in [-0.2, 0) is 11.3 Å². The summed E-state index contributed by atoms with van der Waals surface area (Å²) < 4.78 is 7.02. The minimum Gasteiger partial charge on any atom is -0.385 e. The summed E-state index contributed by atoms with van der Waals surface area (Å²) in [5.74, 6) is 0. The molecule has 0 aliphatic heterocycles. The van der Waals surface area contributed by atoms with Gasteiger partial charge in [-0.2, -0.15) is 5.10 Å². The van der Waals surface area contributed by atoms with Gasteiger partial charge in [-0.1, -0.05) is 18.2 Å². The second kappa shape index (κ2) is 8.38. The van der Waals surface area contributed by atoms with Gasteiger partial charge >= 0.3 is 0 Å². The monoisotopic (exact) mass is 322 g/mol. The van der Waals surface area contributed by atoms with Crippen LogP contribution in [0.5, 0.6) is 0 Å². The molecule has 0 atom stereocenters. The van der Waals surface area contributed by atoms with Gasteiger partial charge < -0.3 is 10.1 Å². The lowest BCUT2D eigenvalue weighted by atomic mass is 10.1. The highest BCUT2D eigenvalue weighted by Gasteiger charge is 2.11. The molecule has 0 bridgehead atoms. The summed E-state index contributed by atoms with van der Waals surface area (Å²) in [5.41, 5.74) is 4.29. The molecule has 0 saturated carbocycles. The zero-order valence-electron chi connectivity index (χ0n) is 13.9. The summed E-state index contributed by atoms with van der Waals surface area (Å²) in [7, 11) is 1.73. The molecule has 2 heterocycles. The standard InChI is InChI=1S/C19H22N4O/c1-24-13-5-10-21-14-17-15-23(18-6-3-2-4-7-18)22-19(17)16-8-11-20-12-9-16/h2-4,6-9,11-12,15,21H,5,10,13-14H2,1H3. The molecule has 2 aromatic heterocycles. The average molecular weight is 322 g/mol. The second-order valence-electron chi connectivity index (χ2n) is 5.54. The fourth-order valence-electron chi connectivity index (χ4n) is 2.57. The summed E-state index contributed by atoms with van der Waals surface area (Å²) in [6.45, 7) is 2.46. The summed E-state index contributed by atoms with van der Waals surface area (Å²) in [6, 6.07) is 14.1. The Morgan fingerprint density at radius 2 is 1.88 bits per heavy atom. The highest BCUT2D eigenvalue weighted by molar-refractivity contribution is 5.62. The fraction of sp³-hybridized carbons (Fsp3) is 0.263. The van der Waals surface area contributed by atoms with Gasteiger partial charge in [-0.05, 0) is 37.2 Å². The first-order valence-corrected chi connectivity index (χ1v) is 8.12. The van der Waals surface area contributed by atoms with Crippen molar-refractivity contribution in [1.82, 2.24) is 20.1 Å². The Labute approximate surface area is 142 Å². The summed E-state index contributed by atoms with van der Waals surface area (Å²) in [4.78, 5) is 4.10. The van der Waals surface area contributed by atoms with Crippen molar-refractivity contribution in [3.05, 3.63) is 66.6 Å². The first-order valence-electron chi connectivity index (χ1n) is 8.12. The van der Waals surface area contributed by atoms with Gasteiger partial charge in [0.1, 0.15) is 0 Å². The van der Waals surface area contributed by atoms with E-state index < -0.39 is 0 Å². The van der Waals surface area contributed by atoms with E-state index in [1.165, 1.54) is 5.56 Å². The van der Waals surface area contributed by atoms with Gasteiger partial charge in [0.25, 0.3) is 0 Å². The molecule has 0 saturated heterocycles. The Hall–Kier alpha value is -2.50. The number of pyridine rings is 1. The molecule has 0 aliphatic carbocycles. The topological polar surface area (TPSA) is 52.0 Å². The lowest BCUT2D eigenvalue weighted by Gasteiger charge is -2.04. The molecular weight excluding hydrogens is 300 g/mol. The lowest BCUT2D eigenvalue weighted by molar-refractivity contribution is 0.194. The van der Waals surface area contributed by atoms with E-state index in [0.717, 1.165) is 43.1 Å². The van der Waals surface area contributed by atoms with Crippen LogP contribution in [0.2, 0.25) is 0 Å². The first kappa shape index (κ1) is 16.4. The normalized spacial score (nSPS) is 10.9. The van der Waals surface area contributed by atoms with Gasteiger partial charge in [0.2, 0.25) is 0 Å². The quantitative estimate of drug-likeness (QED) is 0.648. The predicted molar refractivity (Wildman–Crippen MR) is 95.0 cm³/mol. The third kappa shape index (κ3) is 4.07. The van der Waals surface area contributed by atoms with Crippen LogP contribution in [0, 0.1) is 0 Å². The largest absolute Gasteiger partial charge is 0.385 e. The smallest absolute Gasteiger partial charge is 0.0973 e. The number of nitrogens with zero attached hydrogens (tertiary/aromatic N) is 3. The molecule has 0 spiro atoms. The van der Waals surface area contributed by atoms with Crippen LogP contribution in [0.3, 0.4) is 0 Å². The van der Waals surface area contributed by atoms with Gasteiger partial charge in [-0.25, -0.2) is 4.68 Å². The Balaban J connectivity index is 1.83. The molecule has 0 aliphatic rings. The number of nitrogens with one attached hydrogen (secondary N) is 1. The molecule has 5 nitrogen and oxygen atoms in total. The first-order chi connectivity index (χ1) is 11.9. The number of hydrogen-bond acceptors (Lipinski definition) is 4. The average Bonchev–Trinajstić information content (AvgIpc) is 3.07. The van der Waals surface area contributed by atoms with Crippen LogP contribution in [0.25, 0.3) is 16.9 Å². The van der Waals surface area contributed by atoms with E-state index in [1.807, 2.05) is 35.0 Å². The maximum atomic E-state index is 5.09. The molecule has 5 heteroatoms. The number of methoxy groups -OCH3 is 1. The Kier molecular flexibility index (Phi) is 5.71. The molecule has 0 fully saturated rings. The maximum absolute atomic E-state index is 5.09. The number of benzene rings is 1. The highest BCUT2D eigenvalue weighted by Crippen LogP contribution is 2.23. The lowest BCUT2D eigenvalue weighted by Crippen LogP contribution is -2.16. The Morgan fingerprint density at radius 3 is 2.62 bits per heavy atom. The summed E-state index contributed by atoms with van der Waals surface area (Å²) in [6.07, 6.45) is 6.68. The van der Waals surface area contributed by atoms with Crippen LogP contribution < -0.4 is 5.32 Å². The van der Waals surface area contributed by atoms with Crippen molar-refractivity contribution < 1.29 is 4.74 Å². The predicted octanol–water partition coefficient (Wildman–Crippen LogP) is 3.06. The van der Waals surface area contributed by atoms with Crippen molar-refractivity contribution in [1.29, 1.82) is 0 Å². The molecule has 124 valence electrons. The second-order valence-corrected chi connectivity index (χ2v) is 5.54. The van der Waals surface area contributed by atoms with Crippen LogP contribution in [0.4, 0.5) is 0 Å². The summed E-state index contributed by atoms with van der Waals surface area (Å²) >= 11 is 0. The van der Waals surface area contributed by atoms with Crippen LogP contribution in [0.1, 0.15) is 12.0 Å². The molecule has 0 amide bonds. The zero-order chi connectivity index (χ0) is 16.6. The summed E-state index contributed by atoms with van der Waals surface area (Å²) in [5, 5.41) is 8.25. The van der Waals surface area contributed by atoms with Gasteiger partial charge in [0.15, 0.2) is 0 Å². The molecule has 3 rings (SSSR count). The highest BCUT2D eigenvalue weighted by atomic mass is 16.5. The van der Waals surface area contributed by atoms with E-state index in [-0.39, 0.29) is 0 Å². The van der Waals surface area contributed by atoms with E-state index in [9.17, 15) is 0 Å². The van der Waals surface area contributed by atoms with Gasteiger partial charge in [0.05, 0.1) is 11.4 Å². The maximum Gasteiger partial charge on any atom is 0.0973 e. The SMILES string of the molecule is COCCCNCc1cn(-c2ccccc2)nc1-c1ccncc1. The Bertz CT molecular complexity index is 741. The molecule has 1 aromatic carbocycles. The zero-order valence-corrected chi connectivity index (χ0v) is 13.9. The van der Waals surface area contributed by atoms with Crippen LogP contribution in [-0.4, -0.2) is 35.0 Å². The molecule has 0 radical (unpaired) electrons. The third-order valence-corrected chi connectivity index (χ3v) is 3.78. The minimum absolute atomic E-state index is 0.771. The number of rotatable bonds is 8. The molecule has 0 unspecified atom stereocenters. The van der Waals surface area contributed by atoms with E-state index in [1.54, 1.807) is 19.5 Å². The van der Waals surface area contributed by atoms with Crippen molar-refractivity contribution in [2.24, 2.45) is 0 Å². The van der Waals surface area contributed by atoms with Gasteiger partial charge in [-0.3, -0.25) is 4.98 Å². The fourth-order valence-corrected chi connectivity index (χ4v) is 2.57. The number of para-hydroxylation sites is 1. The number of ether oxygens (including phenoxy) is 1. The molecule has 3 aromatic rings. The van der Waals surface area contributed by atoms with Crippen molar-refractivity contribution in [2.75, 3.05) is 20.3 Å². The van der Waals surface area contributed by atoms with Crippen molar-refractivity contribution in [3.8, 4) is 16.9 Å². The molecule has 24 heavy (non-hydrogen) atoms. The molecular formula is C19H22N4O. The van der Waals surface area contributed by atoms with Crippen LogP contribution >= 0.6 is 0 Å². The number of hydrogen-bond donors (Lipinski definition) is 1. The van der Waals surface area contributed by atoms with E-state index in [2.05, 4.69) is 28.6 Å². The Morgan fingerprint density at radius 1 is 1.08 bits per heavy atom. The van der Waals surface area contributed by atoms with Gasteiger partial charge in [-0.15, -0.1) is 0 Å². The van der Waals surface area contributed by atoms with E-state index >= 15 is 0 Å². The van der Waals surface area contributed by atoms with Crippen molar-refractivity contribution in [2.45, 2.75) is 13.0 Å². The van der Waals surface area contributed by atoms with E-state index in [4.69, 9.17) is 9.84 Å². The van der Waals surface area contributed by atoms with Crippen LogP contribution in [0.15, 0.2) is 61.1 Å². The third-order valence-electron chi connectivity index (χ3n) is 3.78. The molecule has 1 N–H and O–H groups in total. The van der Waals surface area contributed by atoms with Crippen molar-refractivity contribution in [3.63, 3.8) is 0 Å². The van der Waals surface area contributed by atoms with Gasteiger partial charge in [0, 0.05) is 50.0 Å². The number of aromatic nitrogens is 3. The minimum atomic E-state index is 0.771. The van der Waals surface area contributed by atoms with E-state index in [0.29, 0.717) is 0 Å². The van der Waals surface area contributed by atoms with Crippen molar-refractivity contribution >= 4 is 0 Å².